The Morgan fingerprint density at radius 3 is 1.62 bits per heavy atom. The molecule has 9 aromatic rings. The fourth-order valence-corrected chi connectivity index (χ4v) is 10.1. The molecule has 0 saturated heterocycles. The number of thiophene rings is 1. The van der Waals surface area contributed by atoms with E-state index in [-0.39, 0.29) is 0 Å². The lowest BCUT2D eigenvalue weighted by Gasteiger charge is -2.31. The number of hydrogen-bond acceptors (Lipinski definition) is 2. The van der Waals surface area contributed by atoms with Crippen LogP contribution in [0.5, 0.6) is 0 Å². The topological polar surface area (TPSA) is 8.17 Å². The highest BCUT2D eigenvalue weighted by Gasteiger charge is 2.51. The number of nitrogens with zero attached hydrogens (tertiary/aromatic N) is 2. The lowest BCUT2D eigenvalue weighted by atomic mass is 9.70. The van der Waals surface area contributed by atoms with Crippen LogP contribution < -0.4 is 4.90 Å². The molecule has 3 heteroatoms. The molecule has 2 aliphatic rings. The lowest BCUT2D eigenvalue weighted by molar-refractivity contribution is 0.793. The van der Waals surface area contributed by atoms with Gasteiger partial charge in [0.05, 0.1) is 21.1 Å². The zero-order chi connectivity index (χ0) is 32.8. The van der Waals surface area contributed by atoms with Crippen LogP contribution in [0.4, 0.5) is 16.4 Å². The van der Waals surface area contributed by atoms with Crippen molar-refractivity contribution in [1.29, 1.82) is 0 Å². The quantitative estimate of drug-likeness (QED) is 0.183. The molecule has 0 saturated carbocycles. The van der Waals surface area contributed by atoms with Crippen LogP contribution in [0.2, 0.25) is 0 Å². The van der Waals surface area contributed by atoms with E-state index in [0.29, 0.717) is 0 Å². The van der Waals surface area contributed by atoms with Crippen molar-refractivity contribution in [3.8, 4) is 27.9 Å². The van der Waals surface area contributed by atoms with Crippen molar-refractivity contribution in [2.24, 2.45) is 0 Å². The Morgan fingerprint density at radius 1 is 0.420 bits per heavy atom. The Kier molecular flexibility index (Phi) is 5.78. The van der Waals surface area contributed by atoms with Crippen LogP contribution in [-0.2, 0) is 5.41 Å². The monoisotopic (exact) mass is 654 g/mol. The molecule has 2 nitrogen and oxygen atoms in total. The van der Waals surface area contributed by atoms with Gasteiger partial charge in [-0.3, -0.25) is 0 Å². The molecule has 2 aromatic heterocycles. The minimum absolute atomic E-state index is 0.391. The van der Waals surface area contributed by atoms with Crippen LogP contribution >= 0.6 is 11.3 Å². The largest absolute Gasteiger partial charge is 0.308 e. The number of rotatable bonds is 4. The predicted octanol–water partition coefficient (Wildman–Crippen LogP) is 12.7. The van der Waals surface area contributed by atoms with Gasteiger partial charge >= 0.3 is 0 Å². The Hall–Kier alpha value is -6.16. The fraction of sp³-hybridized carbons (Fsp3) is 0.0213. The molecular weight excluding hydrogens is 625 g/mol. The van der Waals surface area contributed by atoms with Gasteiger partial charge in [0.15, 0.2) is 0 Å². The summed E-state index contributed by atoms with van der Waals surface area (Å²) in [7, 11) is 0. The molecule has 2 aliphatic carbocycles. The Labute approximate surface area is 294 Å². The first kappa shape index (κ1) is 27.8. The molecule has 11 rings (SSSR count). The molecule has 0 radical (unpaired) electrons. The molecule has 234 valence electrons. The van der Waals surface area contributed by atoms with E-state index in [1.807, 2.05) is 11.3 Å². The van der Waals surface area contributed by atoms with Gasteiger partial charge in [0.2, 0.25) is 0 Å². The molecule has 0 N–H and O–H groups in total. The average Bonchev–Trinajstić information content (AvgIpc) is 3.90. The van der Waals surface area contributed by atoms with Crippen molar-refractivity contribution in [3.05, 3.63) is 204 Å². The van der Waals surface area contributed by atoms with Crippen LogP contribution in [0.3, 0.4) is 0 Å². The van der Waals surface area contributed by atoms with E-state index in [1.165, 1.54) is 76.3 Å². The van der Waals surface area contributed by atoms with Gasteiger partial charge < -0.3 is 9.47 Å². The maximum Gasteiger partial charge on any atom is 0.103 e. The summed E-state index contributed by atoms with van der Waals surface area (Å²) in [4.78, 5) is 2.46. The van der Waals surface area contributed by atoms with E-state index in [9.17, 15) is 0 Å². The number of fused-ring (bicyclic) bond motifs is 13. The molecule has 0 fully saturated rings. The van der Waals surface area contributed by atoms with Crippen LogP contribution in [0.1, 0.15) is 22.3 Å². The summed E-state index contributed by atoms with van der Waals surface area (Å²) in [6, 6.07) is 67.0. The molecule has 50 heavy (non-hydrogen) atoms. The van der Waals surface area contributed by atoms with Crippen LogP contribution in [0.25, 0.3) is 49.1 Å². The Bertz CT molecular complexity index is 2710. The second-order valence-electron chi connectivity index (χ2n) is 13.3. The zero-order valence-corrected chi connectivity index (χ0v) is 27.9. The predicted molar refractivity (Wildman–Crippen MR) is 210 cm³/mol. The first-order valence-electron chi connectivity index (χ1n) is 17.2. The number of benzene rings is 7. The van der Waals surface area contributed by atoms with Crippen molar-refractivity contribution in [3.63, 3.8) is 0 Å². The van der Waals surface area contributed by atoms with Gasteiger partial charge in [-0.2, -0.15) is 0 Å². The third-order valence-corrected chi connectivity index (χ3v) is 12.0. The lowest BCUT2D eigenvalue weighted by Crippen LogP contribution is -2.26. The Balaban J connectivity index is 1.19. The summed E-state index contributed by atoms with van der Waals surface area (Å²) < 4.78 is 3.71. The fourth-order valence-electron chi connectivity index (χ4n) is 8.89. The number of anilines is 3. The molecule has 1 spiro atoms. The second kappa shape index (κ2) is 10.4. The van der Waals surface area contributed by atoms with Gasteiger partial charge in [-0.1, -0.05) is 133 Å². The third-order valence-electron chi connectivity index (χ3n) is 10.8. The second-order valence-corrected chi connectivity index (χ2v) is 14.3. The van der Waals surface area contributed by atoms with E-state index < -0.39 is 5.41 Å². The molecule has 0 amide bonds. The van der Waals surface area contributed by atoms with Crippen molar-refractivity contribution in [2.75, 3.05) is 4.90 Å². The van der Waals surface area contributed by atoms with E-state index in [2.05, 4.69) is 191 Å². The summed E-state index contributed by atoms with van der Waals surface area (Å²) in [5.74, 6) is 0. The van der Waals surface area contributed by atoms with Gasteiger partial charge in [-0.05, 0) is 93.0 Å². The van der Waals surface area contributed by atoms with Gasteiger partial charge in [0.1, 0.15) is 5.00 Å². The molecule has 7 aromatic carbocycles. The van der Waals surface area contributed by atoms with E-state index >= 15 is 0 Å². The summed E-state index contributed by atoms with van der Waals surface area (Å²) in [6.07, 6.45) is 0. The molecule has 2 heterocycles. The molecule has 0 aliphatic heterocycles. The van der Waals surface area contributed by atoms with Crippen LogP contribution in [0, 0.1) is 0 Å². The van der Waals surface area contributed by atoms with Crippen LogP contribution in [0.15, 0.2) is 182 Å². The van der Waals surface area contributed by atoms with Crippen LogP contribution in [-0.4, -0.2) is 4.57 Å². The van der Waals surface area contributed by atoms with E-state index in [0.717, 1.165) is 11.4 Å². The Morgan fingerprint density at radius 2 is 0.960 bits per heavy atom. The molecular formula is C47H30N2S. The van der Waals surface area contributed by atoms with Gasteiger partial charge in [0.25, 0.3) is 0 Å². The summed E-state index contributed by atoms with van der Waals surface area (Å²) in [5.41, 5.74) is 16.2. The van der Waals surface area contributed by atoms with Gasteiger partial charge in [0, 0.05) is 22.4 Å². The number of para-hydroxylation sites is 3. The summed E-state index contributed by atoms with van der Waals surface area (Å²) >= 11 is 1.87. The highest BCUT2D eigenvalue weighted by atomic mass is 32.1. The first-order valence-corrected chi connectivity index (χ1v) is 18.0. The first-order chi connectivity index (χ1) is 24.8. The van der Waals surface area contributed by atoms with Gasteiger partial charge in [-0.25, -0.2) is 0 Å². The normalized spacial score (nSPS) is 13.4. The molecule has 0 bridgehead atoms. The smallest absolute Gasteiger partial charge is 0.103 e. The van der Waals surface area contributed by atoms with Crippen molar-refractivity contribution in [2.45, 2.75) is 5.41 Å². The maximum atomic E-state index is 2.48. The van der Waals surface area contributed by atoms with E-state index in [4.69, 9.17) is 0 Å². The number of hydrogen-bond donors (Lipinski definition) is 0. The summed E-state index contributed by atoms with van der Waals surface area (Å²) in [5, 5.41) is 2.46. The molecule has 0 unspecified atom stereocenters. The van der Waals surface area contributed by atoms with Crippen molar-refractivity contribution >= 4 is 48.8 Å². The highest BCUT2D eigenvalue weighted by molar-refractivity contribution is 7.24. The third kappa shape index (κ3) is 3.62. The minimum atomic E-state index is -0.391. The highest BCUT2D eigenvalue weighted by Crippen LogP contribution is 2.63. The number of aromatic nitrogens is 1. The van der Waals surface area contributed by atoms with E-state index in [1.54, 1.807) is 0 Å². The van der Waals surface area contributed by atoms with Gasteiger partial charge in [-0.15, -0.1) is 11.3 Å². The SMILES string of the molecule is c1ccc(N(c2ccc3c(c2)C2(c4ccccc4-c4ccccc42)c2ccccc2-3)c2cc3c(s2)c2ccccc2n3-c2ccccc2)cc1. The maximum absolute atomic E-state index is 2.48. The van der Waals surface area contributed by atoms with Crippen molar-refractivity contribution < 1.29 is 0 Å². The zero-order valence-electron chi connectivity index (χ0n) is 27.1. The average molecular weight is 655 g/mol. The van der Waals surface area contributed by atoms with Crippen molar-refractivity contribution in [1.82, 2.24) is 4.57 Å². The summed E-state index contributed by atoms with van der Waals surface area (Å²) in [6.45, 7) is 0. The minimum Gasteiger partial charge on any atom is -0.308 e. The standard InChI is InChI=1S/C47H30N2S/c1-3-15-31(16-4-1)48(45-30-44-46(50-45)38-22-10-14-26-43(38)49(44)32-17-5-2-6-18-32)33-27-28-37-36-21-9-13-25-41(36)47(42(37)29-33)39-23-11-7-19-34(39)35-20-8-12-24-40(35)47/h1-30H. The molecule has 0 atom stereocenters.